The van der Waals surface area contributed by atoms with Crippen LogP contribution >= 0.6 is 11.3 Å². The van der Waals surface area contributed by atoms with Gasteiger partial charge in [0.25, 0.3) is 5.91 Å². The molecule has 5 heteroatoms. The van der Waals surface area contributed by atoms with Crippen LogP contribution in [0.2, 0.25) is 0 Å². The van der Waals surface area contributed by atoms with Crippen molar-refractivity contribution in [1.82, 2.24) is 10.4 Å². The summed E-state index contributed by atoms with van der Waals surface area (Å²) in [6, 6.07) is 0. The van der Waals surface area contributed by atoms with Gasteiger partial charge in [-0.2, -0.15) is 0 Å². The largest absolute Gasteiger partial charge is 0.289 e. The third kappa shape index (κ3) is 1.80. The molecule has 0 aliphatic rings. The topological polar surface area (TPSA) is 68.0 Å². The number of carbonyl (C=O) groups is 1. The number of nitrogens with two attached hydrogens (primary N) is 1. The molecule has 3 N–H and O–H groups in total. The van der Waals surface area contributed by atoms with E-state index in [1.54, 1.807) is 5.38 Å². The Morgan fingerprint density at radius 3 is 2.83 bits per heavy atom. The highest BCUT2D eigenvalue weighted by molar-refractivity contribution is 7.09. The van der Waals surface area contributed by atoms with Gasteiger partial charge in [0.1, 0.15) is 5.69 Å². The molecule has 12 heavy (non-hydrogen) atoms. The van der Waals surface area contributed by atoms with Crippen molar-refractivity contribution >= 4 is 17.2 Å². The Morgan fingerprint density at radius 2 is 2.42 bits per heavy atom. The lowest BCUT2D eigenvalue weighted by Crippen LogP contribution is -2.30. The second kappa shape index (κ2) is 3.64. The third-order valence-electron chi connectivity index (χ3n) is 1.38. The van der Waals surface area contributed by atoms with Crippen LogP contribution in [0.5, 0.6) is 0 Å². The van der Waals surface area contributed by atoms with Gasteiger partial charge in [-0.05, 0) is 0 Å². The van der Waals surface area contributed by atoms with Crippen molar-refractivity contribution in [2.45, 2.75) is 19.8 Å². The Morgan fingerprint density at radius 1 is 1.75 bits per heavy atom. The summed E-state index contributed by atoms with van der Waals surface area (Å²) in [5, 5.41) is 2.66. The Kier molecular flexibility index (Phi) is 2.78. The lowest BCUT2D eigenvalue weighted by atomic mass is 10.2. The van der Waals surface area contributed by atoms with Crippen LogP contribution in [-0.4, -0.2) is 10.9 Å². The predicted molar refractivity (Wildman–Crippen MR) is 47.9 cm³/mol. The highest BCUT2D eigenvalue weighted by Gasteiger charge is 2.10. The molecule has 1 amide bonds. The summed E-state index contributed by atoms with van der Waals surface area (Å²) in [7, 11) is 0. The minimum atomic E-state index is -0.335. The van der Waals surface area contributed by atoms with E-state index in [-0.39, 0.29) is 5.91 Å². The van der Waals surface area contributed by atoms with Crippen LogP contribution in [-0.2, 0) is 0 Å². The number of carbonyl (C=O) groups excluding carboxylic acids is 1. The number of hydrazine groups is 1. The summed E-state index contributed by atoms with van der Waals surface area (Å²) in [5.41, 5.74) is 2.43. The number of nitrogen functional groups attached to an aromatic ring is 1. The Hall–Kier alpha value is -0.940. The number of thiazole rings is 1. The molecule has 0 aromatic carbocycles. The fourth-order valence-corrected chi connectivity index (χ4v) is 1.55. The Labute approximate surface area is 74.8 Å². The van der Waals surface area contributed by atoms with E-state index in [1.165, 1.54) is 11.3 Å². The lowest BCUT2D eigenvalue weighted by molar-refractivity contribution is 0.0949. The molecule has 0 saturated carbocycles. The summed E-state index contributed by atoms with van der Waals surface area (Å²) >= 11 is 1.47. The molecule has 0 radical (unpaired) electrons. The number of aromatic nitrogens is 1. The monoisotopic (exact) mass is 185 g/mol. The number of nitrogens with one attached hydrogen (secondary N) is 1. The van der Waals surface area contributed by atoms with Gasteiger partial charge in [-0.15, -0.1) is 11.3 Å². The van der Waals surface area contributed by atoms with E-state index in [4.69, 9.17) is 5.84 Å². The van der Waals surface area contributed by atoms with Crippen molar-refractivity contribution in [3.05, 3.63) is 16.1 Å². The SMILES string of the molecule is CC(C)c1nc(C(=O)NN)cs1. The maximum atomic E-state index is 11.0. The first kappa shape index (κ1) is 9.15. The molecule has 1 aromatic heterocycles. The zero-order valence-electron chi connectivity index (χ0n) is 7.00. The van der Waals surface area contributed by atoms with E-state index in [0.717, 1.165) is 5.01 Å². The molecule has 0 spiro atoms. The first-order chi connectivity index (χ1) is 5.65. The second-order valence-electron chi connectivity index (χ2n) is 2.70. The summed E-state index contributed by atoms with van der Waals surface area (Å²) < 4.78 is 0. The standard InChI is InChI=1S/C7H11N3OS/c1-4(2)7-9-5(3-12-7)6(11)10-8/h3-4H,8H2,1-2H3,(H,10,11). The second-order valence-corrected chi connectivity index (χ2v) is 3.59. The van der Waals surface area contributed by atoms with Crippen LogP contribution in [0.15, 0.2) is 5.38 Å². The molecule has 1 aromatic rings. The van der Waals surface area contributed by atoms with Crippen molar-refractivity contribution in [3.8, 4) is 0 Å². The van der Waals surface area contributed by atoms with Gasteiger partial charge < -0.3 is 0 Å². The molecule has 0 fully saturated rings. The molecular formula is C7H11N3OS. The first-order valence-electron chi connectivity index (χ1n) is 3.61. The molecule has 66 valence electrons. The van der Waals surface area contributed by atoms with Gasteiger partial charge in [-0.3, -0.25) is 10.2 Å². The zero-order chi connectivity index (χ0) is 9.14. The van der Waals surface area contributed by atoms with Gasteiger partial charge in [0.2, 0.25) is 0 Å². The lowest BCUT2D eigenvalue weighted by Gasteiger charge is -1.96. The van der Waals surface area contributed by atoms with Crippen molar-refractivity contribution in [2.24, 2.45) is 5.84 Å². The third-order valence-corrected chi connectivity index (χ3v) is 2.52. The summed E-state index contributed by atoms with van der Waals surface area (Å²) in [4.78, 5) is 15.1. The van der Waals surface area contributed by atoms with Crippen molar-refractivity contribution < 1.29 is 4.79 Å². The molecule has 0 aliphatic carbocycles. The summed E-state index contributed by atoms with van der Waals surface area (Å²) in [6.45, 7) is 4.06. The average Bonchev–Trinajstić information content (AvgIpc) is 2.51. The number of rotatable bonds is 2. The van der Waals surface area contributed by atoms with Gasteiger partial charge in [0.15, 0.2) is 0 Å². The quantitative estimate of drug-likeness (QED) is 0.408. The zero-order valence-corrected chi connectivity index (χ0v) is 7.81. The normalized spacial score (nSPS) is 10.3. The van der Waals surface area contributed by atoms with Gasteiger partial charge in [-0.1, -0.05) is 13.8 Å². The van der Waals surface area contributed by atoms with Crippen molar-refractivity contribution in [2.75, 3.05) is 0 Å². The molecule has 0 unspecified atom stereocenters. The van der Waals surface area contributed by atoms with E-state index >= 15 is 0 Å². The van der Waals surface area contributed by atoms with E-state index in [1.807, 2.05) is 19.3 Å². The Balaban J connectivity index is 2.84. The molecule has 0 atom stereocenters. The number of nitrogens with zero attached hydrogens (tertiary/aromatic N) is 1. The molecule has 0 saturated heterocycles. The van der Waals surface area contributed by atoms with Crippen LogP contribution in [0.25, 0.3) is 0 Å². The molecule has 1 rings (SSSR count). The van der Waals surface area contributed by atoms with Gasteiger partial charge >= 0.3 is 0 Å². The maximum absolute atomic E-state index is 11.0. The fraction of sp³-hybridized carbons (Fsp3) is 0.429. The van der Waals surface area contributed by atoms with Gasteiger partial charge in [-0.25, -0.2) is 10.8 Å². The molecule has 0 aliphatic heterocycles. The molecular weight excluding hydrogens is 174 g/mol. The van der Waals surface area contributed by atoms with Crippen LogP contribution < -0.4 is 11.3 Å². The van der Waals surface area contributed by atoms with Crippen molar-refractivity contribution in [1.29, 1.82) is 0 Å². The molecule has 0 bridgehead atoms. The minimum absolute atomic E-state index is 0.335. The fourth-order valence-electron chi connectivity index (χ4n) is 0.731. The van der Waals surface area contributed by atoms with Crippen LogP contribution in [0, 0.1) is 0 Å². The average molecular weight is 185 g/mol. The van der Waals surface area contributed by atoms with Crippen LogP contribution in [0.1, 0.15) is 35.3 Å². The van der Waals surface area contributed by atoms with E-state index in [0.29, 0.717) is 11.6 Å². The summed E-state index contributed by atoms with van der Waals surface area (Å²) in [6.07, 6.45) is 0. The van der Waals surface area contributed by atoms with E-state index < -0.39 is 0 Å². The molecule has 1 heterocycles. The Bertz CT molecular complexity index is 282. The van der Waals surface area contributed by atoms with E-state index in [9.17, 15) is 4.79 Å². The maximum Gasteiger partial charge on any atom is 0.284 e. The smallest absolute Gasteiger partial charge is 0.284 e. The highest BCUT2D eigenvalue weighted by Crippen LogP contribution is 2.18. The van der Waals surface area contributed by atoms with E-state index in [2.05, 4.69) is 4.98 Å². The van der Waals surface area contributed by atoms with Crippen LogP contribution in [0.4, 0.5) is 0 Å². The highest BCUT2D eigenvalue weighted by atomic mass is 32.1. The summed E-state index contributed by atoms with van der Waals surface area (Å²) in [5.74, 6) is 4.98. The minimum Gasteiger partial charge on any atom is -0.289 e. The van der Waals surface area contributed by atoms with Gasteiger partial charge in [0, 0.05) is 11.3 Å². The first-order valence-corrected chi connectivity index (χ1v) is 4.49. The number of hydrogen-bond donors (Lipinski definition) is 2. The van der Waals surface area contributed by atoms with Crippen molar-refractivity contribution in [3.63, 3.8) is 0 Å². The van der Waals surface area contributed by atoms with Gasteiger partial charge in [0.05, 0.1) is 5.01 Å². The number of amides is 1. The predicted octanol–water partition coefficient (Wildman–Crippen LogP) is 0.870. The number of hydrogen-bond acceptors (Lipinski definition) is 4. The molecule has 4 nitrogen and oxygen atoms in total. The van der Waals surface area contributed by atoms with Crippen LogP contribution in [0.3, 0.4) is 0 Å².